The number of carbonyl (C=O) groups excluding carboxylic acids is 2. The molecule has 5 atom stereocenters. The molecular weight excluding hydrogens is 382 g/mol. The lowest BCUT2D eigenvalue weighted by molar-refractivity contribution is -0.143. The fourth-order valence-corrected chi connectivity index (χ4v) is 4.02. The molecule has 1 fully saturated rings. The second-order valence-corrected chi connectivity index (χ2v) is 7.93. The molecule has 160 valence electrons. The predicted molar refractivity (Wildman–Crippen MR) is 113 cm³/mol. The minimum absolute atomic E-state index is 0.0841. The minimum atomic E-state index is -0.806. The maximum Gasteiger partial charge on any atom is 0.331 e. The standard InChI is InChI=1S/C24H29NO5/c1-17-5-3-2-4-6-19-15-20(16-21(19)22(26)8-10-23(27)29-17)30-24(28)9-7-18-11-13-25-14-12-18/h4,6-14,17,19-22,26H,2-3,5,15-16H2,1H3/b6-4+,9-7+,10-8+/t17-,19+,20-,21+,22+/m0/s1. The average Bonchev–Trinajstić information content (AvgIpc) is 3.13. The number of rotatable bonds is 3. The average molecular weight is 411 g/mol. The molecule has 2 heterocycles. The SMILES string of the molecule is C[C@H]1CCC/C=C/[C@@H]2C[C@H](OC(=O)/C=C/c3ccncc3)C[C@H]2[C@H](O)/C=C/C(=O)O1. The van der Waals surface area contributed by atoms with E-state index in [9.17, 15) is 14.7 Å². The van der Waals surface area contributed by atoms with Gasteiger partial charge in [-0.05, 0) is 80.7 Å². The summed E-state index contributed by atoms with van der Waals surface area (Å²) in [6.45, 7) is 1.88. The van der Waals surface area contributed by atoms with E-state index < -0.39 is 18.0 Å². The largest absolute Gasteiger partial charge is 0.460 e. The summed E-state index contributed by atoms with van der Waals surface area (Å²) in [5.41, 5.74) is 0.871. The van der Waals surface area contributed by atoms with Crippen molar-refractivity contribution in [2.45, 2.75) is 57.3 Å². The Labute approximate surface area is 177 Å². The van der Waals surface area contributed by atoms with Crippen LogP contribution in [0.2, 0.25) is 0 Å². The van der Waals surface area contributed by atoms with Crippen LogP contribution in [0.5, 0.6) is 0 Å². The highest BCUT2D eigenvalue weighted by molar-refractivity contribution is 5.87. The first kappa shape index (κ1) is 22.0. The van der Waals surface area contributed by atoms with E-state index in [0.717, 1.165) is 24.8 Å². The van der Waals surface area contributed by atoms with Gasteiger partial charge in [-0.2, -0.15) is 0 Å². The molecule has 1 aromatic rings. The molecule has 1 aliphatic heterocycles. The van der Waals surface area contributed by atoms with E-state index in [0.29, 0.717) is 12.8 Å². The van der Waals surface area contributed by atoms with Crippen molar-refractivity contribution in [3.05, 3.63) is 60.5 Å². The Morgan fingerprint density at radius 3 is 2.87 bits per heavy atom. The number of cyclic esters (lactones) is 1. The fourth-order valence-electron chi connectivity index (χ4n) is 4.02. The zero-order valence-corrected chi connectivity index (χ0v) is 17.2. The summed E-state index contributed by atoms with van der Waals surface area (Å²) in [5.74, 6) is -0.879. The minimum Gasteiger partial charge on any atom is -0.460 e. The molecule has 30 heavy (non-hydrogen) atoms. The Morgan fingerprint density at radius 2 is 2.07 bits per heavy atom. The zero-order chi connectivity index (χ0) is 21.3. The number of pyridine rings is 1. The van der Waals surface area contributed by atoms with Gasteiger partial charge in [0, 0.05) is 24.5 Å². The molecule has 3 rings (SSSR count). The highest BCUT2D eigenvalue weighted by atomic mass is 16.5. The molecule has 0 saturated heterocycles. The Hall–Kier alpha value is -2.73. The van der Waals surface area contributed by atoms with Crippen molar-refractivity contribution in [1.29, 1.82) is 0 Å². The van der Waals surface area contributed by atoms with Crippen LogP contribution in [-0.4, -0.2) is 40.3 Å². The van der Waals surface area contributed by atoms with Gasteiger partial charge >= 0.3 is 11.9 Å². The molecule has 0 spiro atoms. The van der Waals surface area contributed by atoms with Gasteiger partial charge in [0.15, 0.2) is 0 Å². The van der Waals surface area contributed by atoms with E-state index in [4.69, 9.17) is 9.47 Å². The number of carbonyl (C=O) groups is 2. The topological polar surface area (TPSA) is 85.7 Å². The third-order valence-electron chi connectivity index (χ3n) is 5.57. The Morgan fingerprint density at radius 1 is 1.27 bits per heavy atom. The van der Waals surface area contributed by atoms with E-state index in [-0.39, 0.29) is 24.0 Å². The molecule has 0 bridgehead atoms. The lowest BCUT2D eigenvalue weighted by Gasteiger charge is -2.19. The van der Waals surface area contributed by atoms with Crippen LogP contribution >= 0.6 is 0 Å². The lowest BCUT2D eigenvalue weighted by Crippen LogP contribution is -2.22. The maximum atomic E-state index is 12.2. The highest BCUT2D eigenvalue weighted by Gasteiger charge is 2.38. The normalized spacial score (nSPS) is 32.2. The van der Waals surface area contributed by atoms with E-state index in [2.05, 4.69) is 17.1 Å². The summed E-state index contributed by atoms with van der Waals surface area (Å²) < 4.78 is 10.9. The summed E-state index contributed by atoms with van der Waals surface area (Å²) >= 11 is 0. The first-order valence-corrected chi connectivity index (χ1v) is 10.5. The van der Waals surface area contributed by atoms with Gasteiger partial charge in [-0.1, -0.05) is 12.2 Å². The monoisotopic (exact) mass is 411 g/mol. The number of ether oxygens (including phenoxy) is 2. The number of aliphatic hydroxyl groups excluding tert-OH is 1. The molecule has 6 heteroatoms. The quantitative estimate of drug-likeness (QED) is 0.464. The van der Waals surface area contributed by atoms with Crippen LogP contribution in [0.3, 0.4) is 0 Å². The van der Waals surface area contributed by atoms with Gasteiger partial charge in [0.25, 0.3) is 0 Å². The number of allylic oxidation sites excluding steroid dienone is 2. The first-order valence-electron chi connectivity index (χ1n) is 10.5. The van der Waals surface area contributed by atoms with Gasteiger partial charge in [-0.15, -0.1) is 0 Å². The van der Waals surface area contributed by atoms with Crippen LogP contribution in [0, 0.1) is 11.8 Å². The number of nitrogens with zero attached hydrogens (tertiary/aromatic N) is 1. The van der Waals surface area contributed by atoms with Gasteiger partial charge in [0.1, 0.15) is 6.10 Å². The van der Waals surface area contributed by atoms with Gasteiger partial charge < -0.3 is 14.6 Å². The van der Waals surface area contributed by atoms with Crippen LogP contribution < -0.4 is 0 Å². The Kier molecular flexibility index (Phi) is 7.97. The van der Waals surface area contributed by atoms with E-state index in [1.165, 1.54) is 18.2 Å². The predicted octanol–water partition coefficient (Wildman–Crippen LogP) is 3.62. The second-order valence-electron chi connectivity index (χ2n) is 7.93. The molecule has 0 amide bonds. The summed E-state index contributed by atoms with van der Waals surface area (Å²) in [6.07, 6.45) is 16.0. The molecule has 1 aromatic heterocycles. The van der Waals surface area contributed by atoms with Crippen molar-refractivity contribution in [3.63, 3.8) is 0 Å². The van der Waals surface area contributed by atoms with Crippen molar-refractivity contribution < 1.29 is 24.2 Å². The van der Waals surface area contributed by atoms with Crippen LogP contribution in [0.15, 0.2) is 54.9 Å². The van der Waals surface area contributed by atoms with Gasteiger partial charge in [-0.3, -0.25) is 4.98 Å². The molecule has 0 aromatic carbocycles. The van der Waals surface area contributed by atoms with Gasteiger partial charge in [-0.25, -0.2) is 9.59 Å². The molecule has 1 saturated carbocycles. The number of hydrogen-bond donors (Lipinski definition) is 1. The molecule has 1 N–H and O–H groups in total. The Balaban J connectivity index is 1.63. The lowest BCUT2D eigenvalue weighted by atomic mass is 9.90. The van der Waals surface area contributed by atoms with Gasteiger partial charge in [0.2, 0.25) is 0 Å². The smallest absolute Gasteiger partial charge is 0.331 e. The van der Waals surface area contributed by atoms with Crippen molar-refractivity contribution >= 4 is 18.0 Å². The van der Waals surface area contributed by atoms with Crippen molar-refractivity contribution in [2.24, 2.45) is 11.8 Å². The number of aromatic nitrogens is 1. The van der Waals surface area contributed by atoms with Crippen LogP contribution in [0.1, 0.15) is 44.6 Å². The second kappa shape index (κ2) is 10.9. The summed E-state index contributed by atoms with van der Waals surface area (Å²) in [6, 6.07) is 3.61. The molecule has 0 unspecified atom stereocenters. The van der Waals surface area contributed by atoms with Crippen LogP contribution in [0.25, 0.3) is 6.08 Å². The van der Waals surface area contributed by atoms with Crippen molar-refractivity contribution in [2.75, 3.05) is 0 Å². The third-order valence-corrected chi connectivity index (χ3v) is 5.57. The molecular formula is C24H29NO5. The molecule has 2 aliphatic rings. The van der Waals surface area contributed by atoms with Crippen molar-refractivity contribution in [3.8, 4) is 0 Å². The molecule has 0 radical (unpaired) electrons. The number of aliphatic hydroxyl groups is 1. The maximum absolute atomic E-state index is 12.2. The van der Waals surface area contributed by atoms with E-state index in [1.807, 2.05) is 6.92 Å². The zero-order valence-electron chi connectivity index (χ0n) is 17.2. The first-order chi connectivity index (χ1) is 14.5. The number of fused-ring (bicyclic) bond motifs is 1. The van der Waals surface area contributed by atoms with Crippen molar-refractivity contribution in [1.82, 2.24) is 4.98 Å². The summed E-state index contributed by atoms with van der Waals surface area (Å²) in [4.78, 5) is 28.1. The van der Waals surface area contributed by atoms with Gasteiger partial charge in [0.05, 0.1) is 12.2 Å². The molecule has 6 nitrogen and oxygen atoms in total. The van der Waals surface area contributed by atoms with E-state index in [1.54, 1.807) is 30.6 Å². The fraction of sp³-hybridized carbons (Fsp3) is 0.458. The Bertz CT molecular complexity index is 801. The van der Waals surface area contributed by atoms with Crippen LogP contribution in [-0.2, 0) is 19.1 Å². The number of hydrogen-bond acceptors (Lipinski definition) is 6. The van der Waals surface area contributed by atoms with E-state index >= 15 is 0 Å². The number of esters is 2. The third kappa shape index (κ3) is 6.66. The highest BCUT2D eigenvalue weighted by Crippen LogP contribution is 2.38. The van der Waals surface area contributed by atoms with Crippen LogP contribution in [0.4, 0.5) is 0 Å². The summed E-state index contributed by atoms with van der Waals surface area (Å²) in [5, 5.41) is 10.6. The summed E-state index contributed by atoms with van der Waals surface area (Å²) in [7, 11) is 0. The molecule has 1 aliphatic carbocycles.